The third kappa shape index (κ3) is 1.79. The Labute approximate surface area is 129 Å². The van der Waals surface area contributed by atoms with E-state index in [0.717, 1.165) is 37.9 Å². The molecule has 3 rings (SSSR count). The van der Waals surface area contributed by atoms with Crippen LogP contribution >= 0.6 is 23.2 Å². The minimum absolute atomic E-state index is 0.750. The number of rotatable bonds is 2. The zero-order valence-electron chi connectivity index (χ0n) is 12.0. The van der Waals surface area contributed by atoms with Gasteiger partial charge in [-0.15, -0.1) is 0 Å². The van der Waals surface area contributed by atoms with E-state index in [9.17, 15) is 0 Å². The molecule has 2 nitrogen and oxygen atoms in total. The maximum absolute atomic E-state index is 6.50. The van der Waals surface area contributed by atoms with E-state index in [-0.39, 0.29) is 0 Å². The van der Waals surface area contributed by atoms with Crippen LogP contribution in [-0.4, -0.2) is 28.2 Å². The van der Waals surface area contributed by atoms with Crippen LogP contribution < -0.4 is 9.80 Å². The maximum atomic E-state index is 6.50. The van der Waals surface area contributed by atoms with Gasteiger partial charge in [0.1, 0.15) is 0 Å². The van der Waals surface area contributed by atoms with Crippen molar-refractivity contribution >= 4 is 57.5 Å². The van der Waals surface area contributed by atoms with Gasteiger partial charge >= 0.3 is 0 Å². The fourth-order valence-corrected chi connectivity index (χ4v) is 3.68. The molecular weight excluding hydrogens is 291 g/mol. The zero-order chi connectivity index (χ0) is 14.6. The van der Waals surface area contributed by atoms with Crippen LogP contribution in [-0.2, 0) is 0 Å². The predicted molar refractivity (Wildman–Crippen MR) is 91.6 cm³/mol. The highest BCUT2D eigenvalue weighted by Crippen LogP contribution is 2.48. The molecule has 0 heterocycles. The first kappa shape index (κ1) is 13.6. The minimum atomic E-state index is 0.750. The molecule has 104 valence electrons. The summed E-state index contributed by atoms with van der Waals surface area (Å²) < 4.78 is 0. The van der Waals surface area contributed by atoms with Gasteiger partial charge in [-0.2, -0.15) is 0 Å². The van der Waals surface area contributed by atoms with E-state index in [1.54, 1.807) is 0 Å². The van der Waals surface area contributed by atoms with E-state index in [2.05, 4.69) is 12.2 Å². The molecule has 0 fully saturated rings. The Kier molecular flexibility index (Phi) is 3.11. The monoisotopic (exact) mass is 306 g/mol. The van der Waals surface area contributed by atoms with Gasteiger partial charge in [0.15, 0.2) is 0 Å². The molecule has 0 radical (unpaired) electrons. The molecule has 0 unspecified atom stereocenters. The number of halogens is 2. The lowest BCUT2D eigenvalue weighted by atomic mass is 9.99. The van der Waals surface area contributed by atoms with E-state index < -0.39 is 0 Å². The Morgan fingerprint density at radius 1 is 0.700 bits per heavy atom. The number of anilines is 2. The summed E-state index contributed by atoms with van der Waals surface area (Å²) in [5.74, 6) is 0. The van der Waals surface area contributed by atoms with Crippen LogP contribution in [0.1, 0.15) is 11.1 Å². The average Bonchev–Trinajstić information content (AvgIpc) is 2.71. The summed E-state index contributed by atoms with van der Waals surface area (Å²) in [6.45, 7) is 0. The summed E-state index contributed by atoms with van der Waals surface area (Å²) in [5.41, 5.74) is 4.35. The minimum Gasteiger partial charge on any atom is -0.376 e. The molecule has 4 heteroatoms. The van der Waals surface area contributed by atoms with Crippen molar-refractivity contribution in [2.75, 3.05) is 38.0 Å². The molecule has 20 heavy (non-hydrogen) atoms. The molecule has 0 aromatic heterocycles. The molecule has 0 saturated carbocycles. The van der Waals surface area contributed by atoms with Crippen LogP contribution in [0.3, 0.4) is 0 Å². The predicted octanol–water partition coefficient (Wildman–Crippen LogP) is 4.76. The van der Waals surface area contributed by atoms with Crippen LogP contribution in [0, 0.1) is 0 Å². The van der Waals surface area contributed by atoms with Gasteiger partial charge in [0.2, 0.25) is 0 Å². The van der Waals surface area contributed by atoms with Crippen molar-refractivity contribution in [1.82, 2.24) is 0 Å². The molecule has 2 aromatic rings. The van der Waals surface area contributed by atoms with E-state index in [0.29, 0.717) is 0 Å². The van der Waals surface area contributed by atoms with Crippen LogP contribution in [0.2, 0.25) is 10.0 Å². The van der Waals surface area contributed by atoms with Gasteiger partial charge in [0, 0.05) is 39.0 Å². The fraction of sp³-hybridized carbons (Fsp3) is 0.250. The smallest absolute Gasteiger partial charge is 0.0652 e. The molecule has 0 saturated heterocycles. The van der Waals surface area contributed by atoms with E-state index in [1.165, 1.54) is 5.39 Å². The quantitative estimate of drug-likeness (QED) is 0.673. The number of benzene rings is 2. The third-order valence-corrected chi connectivity index (χ3v) is 4.23. The third-order valence-electron chi connectivity index (χ3n) is 3.65. The number of hydrogen-bond donors (Lipinski definition) is 0. The summed E-state index contributed by atoms with van der Waals surface area (Å²) in [6, 6.07) is 4.05. The highest BCUT2D eigenvalue weighted by molar-refractivity contribution is 6.39. The Balaban J connectivity index is 2.58. The lowest BCUT2D eigenvalue weighted by Crippen LogP contribution is -2.14. The van der Waals surface area contributed by atoms with Gasteiger partial charge in [-0.1, -0.05) is 35.4 Å². The van der Waals surface area contributed by atoms with Gasteiger partial charge in [-0.25, -0.2) is 0 Å². The summed E-state index contributed by atoms with van der Waals surface area (Å²) in [7, 11) is 8.02. The SMILES string of the molecule is CN(C)c1c(Cl)cc2c3c(cc(Cl)c(N(C)C)c13)C=C2. The van der Waals surface area contributed by atoms with Crippen LogP contribution in [0.15, 0.2) is 12.1 Å². The zero-order valence-corrected chi connectivity index (χ0v) is 13.5. The standard InChI is InChI=1S/C16H16Cl2N2/c1-19(2)15-11(17)7-9-5-6-10-8-12(18)16(20(3)4)14(15)13(9)10/h5-8H,1-4H3. The first-order chi connectivity index (χ1) is 9.41. The van der Waals surface area contributed by atoms with Crippen molar-refractivity contribution in [2.45, 2.75) is 0 Å². The maximum Gasteiger partial charge on any atom is 0.0652 e. The normalized spacial score (nSPS) is 12.3. The summed E-state index contributed by atoms with van der Waals surface area (Å²) in [5, 5.41) is 3.85. The van der Waals surface area contributed by atoms with Crippen molar-refractivity contribution in [3.63, 3.8) is 0 Å². The molecule has 1 aliphatic rings. The molecule has 0 aliphatic heterocycles. The average molecular weight is 307 g/mol. The molecule has 0 amide bonds. The molecule has 0 N–H and O–H groups in total. The van der Waals surface area contributed by atoms with Crippen LogP contribution in [0.25, 0.3) is 22.9 Å². The molecule has 1 aliphatic carbocycles. The van der Waals surface area contributed by atoms with Gasteiger partial charge < -0.3 is 9.80 Å². The first-order valence-corrected chi connectivity index (χ1v) is 7.19. The molecule has 0 atom stereocenters. The Morgan fingerprint density at radius 3 is 1.45 bits per heavy atom. The summed E-state index contributed by atoms with van der Waals surface area (Å²) >= 11 is 13.0. The van der Waals surface area contributed by atoms with Crippen molar-refractivity contribution < 1.29 is 0 Å². The van der Waals surface area contributed by atoms with Crippen molar-refractivity contribution in [2.24, 2.45) is 0 Å². The van der Waals surface area contributed by atoms with Crippen LogP contribution in [0.5, 0.6) is 0 Å². The second kappa shape index (κ2) is 4.57. The fourth-order valence-electron chi connectivity index (χ4n) is 2.91. The Hall–Kier alpha value is -1.38. The lowest BCUT2D eigenvalue weighted by Gasteiger charge is -2.25. The second-order valence-electron chi connectivity index (χ2n) is 5.46. The Bertz CT molecular complexity index is 687. The van der Waals surface area contributed by atoms with Gasteiger partial charge in [0.25, 0.3) is 0 Å². The topological polar surface area (TPSA) is 6.48 Å². The van der Waals surface area contributed by atoms with Gasteiger partial charge in [0.05, 0.1) is 21.4 Å². The lowest BCUT2D eigenvalue weighted by molar-refractivity contribution is 1.12. The van der Waals surface area contributed by atoms with Crippen molar-refractivity contribution in [3.8, 4) is 0 Å². The van der Waals surface area contributed by atoms with Crippen LogP contribution in [0.4, 0.5) is 11.4 Å². The highest BCUT2D eigenvalue weighted by atomic mass is 35.5. The highest BCUT2D eigenvalue weighted by Gasteiger charge is 2.22. The Morgan fingerprint density at radius 2 is 1.10 bits per heavy atom. The van der Waals surface area contributed by atoms with Gasteiger partial charge in [-0.3, -0.25) is 0 Å². The van der Waals surface area contributed by atoms with Crippen molar-refractivity contribution in [3.05, 3.63) is 33.3 Å². The summed E-state index contributed by atoms with van der Waals surface area (Å²) in [4.78, 5) is 4.10. The van der Waals surface area contributed by atoms with E-state index in [1.807, 2.05) is 50.1 Å². The van der Waals surface area contributed by atoms with E-state index in [4.69, 9.17) is 23.2 Å². The summed E-state index contributed by atoms with van der Waals surface area (Å²) in [6.07, 6.45) is 4.19. The molecule has 0 spiro atoms. The molecule has 0 bridgehead atoms. The first-order valence-electron chi connectivity index (χ1n) is 6.43. The number of nitrogens with zero attached hydrogens (tertiary/aromatic N) is 2. The van der Waals surface area contributed by atoms with Gasteiger partial charge in [-0.05, 0) is 23.3 Å². The second-order valence-corrected chi connectivity index (χ2v) is 6.28. The molecular formula is C16H16Cl2N2. The number of hydrogen-bond acceptors (Lipinski definition) is 2. The largest absolute Gasteiger partial charge is 0.376 e. The van der Waals surface area contributed by atoms with E-state index >= 15 is 0 Å². The molecule has 2 aromatic carbocycles. The van der Waals surface area contributed by atoms with Crippen molar-refractivity contribution in [1.29, 1.82) is 0 Å².